The van der Waals surface area contributed by atoms with Gasteiger partial charge in [0.2, 0.25) is 15.9 Å². The number of hydrogen-bond donors (Lipinski definition) is 1. The van der Waals surface area contributed by atoms with Crippen LogP contribution in [0, 0.1) is 0 Å². The van der Waals surface area contributed by atoms with E-state index >= 15 is 0 Å². The summed E-state index contributed by atoms with van der Waals surface area (Å²) >= 11 is 1.40. The number of rotatable bonds is 8. The fourth-order valence-corrected chi connectivity index (χ4v) is 4.35. The summed E-state index contributed by atoms with van der Waals surface area (Å²) in [7, 11) is -3.78. The van der Waals surface area contributed by atoms with Gasteiger partial charge in [-0.05, 0) is 36.8 Å². The number of aryl methyl sites for hydroxylation is 1. The molecule has 30 heavy (non-hydrogen) atoms. The van der Waals surface area contributed by atoms with Crippen LogP contribution in [0.4, 0.5) is 0 Å². The fourth-order valence-electron chi connectivity index (χ4n) is 3.10. The van der Waals surface area contributed by atoms with Crippen LogP contribution in [0.15, 0.2) is 63.1 Å². The highest BCUT2D eigenvalue weighted by atomic mass is 32.2. The largest absolute Gasteiger partial charge is 0.411 e. The van der Waals surface area contributed by atoms with Crippen molar-refractivity contribution in [2.45, 2.75) is 42.2 Å². The van der Waals surface area contributed by atoms with E-state index in [2.05, 4.69) is 26.7 Å². The first-order chi connectivity index (χ1) is 14.5. The molecule has 0 aliphatic heterocycles. The van der Waals surface area contributed by atoms with E-state index in [9.17, 15) is 8.42 Å². The molecular weight excluding hydrogens is 422 g/mol. The van der Waals surface area contributed by atoms with Crippen molar-refractivity contribution in [2.75, 3.05) is 0 Å². The molecule has 0 aliphatic carbocycles. The lowest BCUT2D eigenvalue weighted by molar-refractivity contribution is 0.465. The Kier molecular flexibility index (Phi) is 5.89. The molecule has 0 aliphatic rings. The topological polar surface area (TPSA) is 117 Å². The zero-order valence-electron chi connectivity index (χ0n) is 16.4. The van der Waals surface area contributed by atoms with Crippen LogP contribution in [0.2, 0.25) is 0 Å². The lowest BCUT2D eigenvalue weighted by atomic mass is 10.2. The molecule has 2 aromatic heterocycles. The number of unbranched alkanes of at least 4 members (excludes halogenated alkanes) is 1. The van der Waals surface area contributed by atoms with Gasteiger partial charge in [-0.15, -0.1) is 10.2 Å². The summed E-state index contributed by atoms with van der Waals surface area (Å²) in [5.41, 5.74) is 2.34. The van der Waals surface area contributed by atoms with E-state index in [4.69, 9.17) is 9.56 Å². The average Bonchev–Trinajstić information content (AvgIpc) is 3.34. The van der Waals surface area contributed by atoms with Gasteiger partial charge in [-0.25, -0.2) is 18.5 Å². The van der Waals surface area contributed by atoms with Crippen molar-refractivity contribution >= 4 is 32.8 Å². The van der Waals surface area contributed by atoms with Gasteiger partial charge in [-0.2, -0.15) is 0 Å². The maximum Gasteiger partial charge on any atom is 0.277 e. The van der Waals surface area contributed by atoms with Crippen LogP contribution in [0.25, 0.3) is 22.5 Å². The molecule has 0 spiro atoms. The maximum absolute atomic E-state index is 11.7. The third-order valence-corrected chi connectivity index (χ3v) is 6.34. The van der Waals surface area contributed by atoms with Gasteiger partial charge in [0, 0.05) is 12.1 Å². The quantitative estimate of drug-likeness (QED) is 0.411. The zero-order chi connectivity index (χ0) is 21.1. The highest BCUT2D eigenvalue weighted by molar-refractivity contribution is 7.98. The molecule has 2 aromatic carbocycles. The lowest BCUT2D eigenvalue weighted by Gasteiger charge is -2.07. The standard InChI is InChI=1S/C20H21N5O3S2/c1-2-3-11-25-17-10-9-15(30(21,26)27)12-16(17)22-18(25)13-29-20-24-23-19(28-20)14-7-5-4-6-8-14/h4-10,12H,2-3,11,13H2,1H3,(H2,21,26,27). The predicted molar refractivity (Wildman–Crippen MR) is 115 cm³/mol. The Morgan fingerprint density at radius 1 is 1.13 bits per heavy atom. The van der Waals surface area contributed by atoms with E-state index in [1.54, 1.807) is 6.07 Å². The molecule has 0 amide bonds. The molecule has 4 rings (SSSR count). The molecule has 0 radical (unpaired) electrons. The van der Waals surface area contributed by atoms with Gasteiger partial charge in [0.25, 0.3) is 5.22 Å². The predicted octanol–water partition coefficient (Wildman–Crippen LogP) is 3.83. The second-order valence-corrected chi connectivity index (χ2v) is 9.24. The smallest absolute Gasteiger partial charge is 0.277 e. The van der Waals surface area contributed by atoms with Crippen LogP contribution < -0.4 is 5.14 Å². The van der Waals surface area contributed by atoms with Crippen molar-refractivity contribution in [1.29, 1.82) is 0 Å². The number of nitrogens with two attached hydrogens (primary N) is 1. The third kappa shape index (κ3) is 4.40. The van der Waals surface area contributed by atoms with E-state index < -0.39 is 10.0 Å². The van der Waals surface area contributed by atoms with Gasteiger partial charge >= 0.3 is 0 Å². The summed E-state index contributed by atoms with van der Waals surface area (Å²) in [5.74, 6) is 1.80. The summed E-state index contributed by atoms with van der Waals surface area (Å²) in [4.78, 5) is 4.71. The number of hydrogen-bond acceptors (Lipinski definition) is 7. The van der Waals surface area contributed by atoms with Crippen molar-refractivity contribution < 1.29 is 12.8 Å². The van der Waals surface area contributed by atoms with Crippen LogP contribution in [0.3, 0.4) is 0 Å². The first kappa shape index (κ1) is 20.6. The number of aromatic nitrogens is 4. The minimum absolute atomic E-state index is 0.0544. The van der Waals surface area contributed by atoms with Crippen LogP contribution >= 0.6 is 11.8 Å². The normalized spacial score (nSPS) is 11.9. The SMILES string of the molecule is CCCCn1c(CSc2nnc(-c3ccccc3)o2)nc2cc(S(N)(=O)=O)ccc21. The molecule has 8 nitrogen and oxygen atoms in total. The van der Waals surface area contributed by atoms with Crippen molar-refractivity contribution in [3.8, 4) is 11.5 Å². The Bertz CT molecular complexity index is 1270. The Labute approximate surface area is 178 Å². The summed E-state index contributed by atoms with van der Waals surface area (Å²) in [6, 6.07) is 14.4. The molecule has 0 bridgehead atoms. The number of thioether (sulfide) groups is 1. The number of imidazole rings is 1. The van der Waals surface area contributed by atoms with E-state index in [0.717, 1.165) is 36.3 Å². The molecule has 2 heterocycles. The van der Waals surface area contributed by atoms with Crippen molar-refractivity contribution in [1.82, 2.24) is 19.7 Å². The molecule has 156 valence electrons. The van der Waals surface area contributed by atoms with Gasteiger partial charge in [-0.3, -0.25) is 0 Å². The van der Waals surface area contributed by atoms with Crippen LogP contribution in [-0.4, -0.2) is 28.2 Å². The summed E-state index contributed by atoms with van der Waals surface area (Å²) in [6.45, 7) is 2.91. The summed E-state index contributed by atoms with van der Waals surface area (Å²) in [5, 5.41) is 13.9. The van der Waals surface area contributed by atoms with Crippen LogP contribution in [0.5, 0.6) is 0 Å². The Balaban J connectivity index is 1.60. The Hall–Kier alpha value is -2.69. The third-order valence-electron chi connectivity index (χ3n) is 4.61. The van der Waals surface area contributed by atoms with Crippen LogP contribution in [0.1, 0.15) is 25.6 Å². The first-order valence-corrected chi connectivity index (χ1v) is 12.0. The molecule has 0 saturated heterocycles. The van der Waals surface area contributed by atoms with Gasteiger partial charge in [0.15, 0.2) is 0 Å². The molecule has 0 unspecified atom stereocenters. The fraction of sp³-hybridized carbons (Fsp3) is 0.250. The van der Waals surface area contributed by atoms with Gasteiger partial charge in [0.05, 0.1) is 21.7 Å². The van der Waals surface area contributed by atoms with Crippen molar-refractivity contribution in [3.05, 3.63) is 54.4 Å². The van der Waals surface area contributed by atoms with E-state index in [1.807, 2.05) is 30.3 Å². The minimum Gasteiger partial charge on any atom is -0.411 e. The van der Waals surface area contributed by atoms with Crippen molar-refractivity contribution in [3.63, 3.8) is 0 Å². The molecule has 2 N–H and O–H groups in total. The second-order valence-electron chi connectivity index (χ2n) is 6.76. The van der Waals surface area contributed by atoms with Gasteiger partial charge in [0.1, 0.15) is 5.82 Å². The molecular formula is C20H21N5O3S2. The summed E-state index contributed by atoms with van der Waals surface area (Å²) in [6.07, 6.45) is 2.02. The van der Waals surface area contributed by atoms with Gasteiger partial charge < -0.3 is 8.98 Å². The number of sulfonamides is 1. The van der Waals surface area contributed by atoms with Gasteiger partial charge in [-0.1, -0.05) is 43.3 Å². The number of benzene rings is 2. The number of fused-ring (bicyclic) bond motifs is 1. The maximum atomic E-state index is 11.7. The highest BCUT2D eigenvalue weighted by Gasteiger charge is 2.16. The molecule has 0 saturated carbocycles. The summed E-state index contributed by atoms with van der Waals surface area (Å²) < 4.78 is 31.2. The van der Waals surface area contributed by atoms with E-state index in [-0.39, 0.29) is 4.90 Å². The molecule has 0 fully saturated rings. The molecule has 10 heteroatoms. The Morgan fingerprint density at radius 2 is 1.93 bits per heavy atom. The number of nitrogens with zero attached hydrogens (tertiary/aromatic N) is 4. The first-order valence-electron chi connectivity index (χ1n) is 9.49. The van der Waals surface area contributed by atoms with Crippen molar-refractivity contribution in [2.24, 2.45) is 5.14 Å². The van der Waals surface area contributed by atoms with E-state index in [0.29, 0.717) is 22.4 Å². The second kappa shape index (κ2) is 8.58. The average molecular weight is 444 g/mol. The highest BCUT2D eigenvalue weighted by Crippen LogP contribution is 2.28. The molecule has 4 aromatic rings. The molecule has 0 atom stereocenters. The van der Waals surface area contributed by atoms with E-state index in [1.165, 1.54) is 23.9 Å². The Morgan fingerprint density at radius 3 is 2.67 bits per heavy atom. The zero-order valence-corrected chi connectivity index (χ0v) is 18.0. The monoisotopic (exact) mass is 443 g/mol. The minimum atomic E-state index is -3.78. The van der Waals surface area contributed by atoms with Crippen LogP contribution in [-0.2, 0) is 22.3 Å². The number of primary sulfonamides is 1. The lowest BCUT2D eigenvalue weighted by Crippen LogP contribution is -2.11.